The highest BCUT2D eigenvalue weighted by Gasteiger charge is 2.26. The minimum atomic E-state index is -4.05. The van der Waals surface area contributed by atoms with E-state index in [0.717, 1.165) is 5.33 Å². The molecule has 0 bridgehead atoms. The van der Waals surface area contributed by atoms with Gasteiger partial charge >= 0.3 is 6.18 Å². The maximum absolute atomic E-state index is 11.7. The van der Waals surface area contributed by atoms with E-state index in [4.69, 9.17) is 0 Å². The molecule has 2 atom stereocenters. The fourth-order valence-electron chi connectivity index (χ4n) is 0.776. The Bertz CT molecular complexity index is 138. The van der Waals surface area contributed by atoms with E-state index in [0.29, 0.717) is 5.92 Å². The normalized spacial score (nSPS) is 17.1. The zero-order valence-electron chi connectivity index (χ0n) is 7.79. The van der Waals surface area contributed by atoms with Crippen molar-refractivity contribution in [2.45, 2.75) is 32.5 Å². The molecule has 0 aromatic carbocycles. The van der Waals surface area contributed by atoms with E-state index in [1.54, 1.807) is 0 Å². The van der Waals surface area contributed by atoms with Crippen LogP contribution in [0.15, 0.2) is 0 Å². The third kappa shape index (κ3) is 7.31. The molecule has 80 valence electrons. The summed E-state index contributed by atoms with van der Waals surface area (Å²) >= 11 is 3.28. The van der Waals surface area contributed by atoms with Gasteiger partial charge in [0.2, 0.25) is 0 Å². The quantitative estimate of drug-likeness (QED) is 0.751. The van der Waals surface area contributed by atoms with Crippen molar-refractivity contribution < 1.29 is 13.2 Å². The predicted octanol–water partition coefficient (Wildman–Crippen LogP) is 2.95. The molecule has 0 amide bonds. The van der Waals surface area contributed by atoms with Gasteiger partial charge in [0.1, 0.15) is 0 Å². The standard InChI is InChI=1S/C8H15BrF3N/c1-6(5-9)7(2)13-4-3-8(10,11)12/h6-7,13H,3-5H2,1-2H3. The van der Waals surface area contributed by atoms with E-state index in [1.165, 1.54) is 0 Å². The highest BCUT2D eigenvalue weighted by molar-refractivity contribution is 9.09. The summed E-state index contributed by atoms with van der Waals surface area (Å²) in [6, 6.07) is 0.113. The summed E-state index contributed by atoms with van der Waals surface area (Å²) in [5, 5.41) is 3.64. The topological polar surface area (TPSA) is 12.0 Å². The summed E-state index contributed by atoms with van der Waals surface area (Å²) in [5.74, 6) is 0.341. The van der Waals surface area contributed by atoms with Gasteiger partial charge in [-0.3, -0.25) is 0 Å². The minimum Gasteiger partial charge on any atom is -0.314 e. The van der Waals surface area contributed by atoms with Gasteiger partial charge in [-0.1, -0.05) is 22.9 Å². The first-order valence-corrected chi connectivity index (χ1v) is 5.35. The number of hydrogen-bond donors (Lipinski definition) is 1. The van der Waals surface area contributed by atoms with Crippen LogP contribution in [-0.4, -0.2) is 24.1 Å². The first kappa shape index (κ1) is 13.2. The zero-order chi connectivity index (χ0) is 10.5. The van der Waals surface area contributed by atoms with Crippen molar-refractivity contribution in [2.24, 2.45) is 5.92 Å². The first-order valence-electron chi connectivity index (χ1n) is 4.23. The van der Waals surface area contributed by atoms with Gasteiger partial charge in [0.25, 0.3) is 0 Å². The van der Waals surface area contributed by atoms with E-state index < -0.39 is 12.6 Å². The molecule has 0 aromatic rings. The van der Waals surface area contributed by atoms with E-state index in [1.807, 2.05) is 13.8 Å². The summed E-state index contributed by atoms with van der Waals surface area (Å²) in [4.78, 5) is 0. The largest absolute Gasteiger partial charge is 0.390 e. The highest BCUT2D eigenvalue weighted by Crippen LogP contribution is 2.18. The van der Waals surface area contributed by atoms with Crippen LogP contribution in [0.1, 0.15) is 20.3 Å². The Morgan fingerprint density at radius 2 is 1.85 bits per heavy atom. The van der Waals surface area contributed by atoms with Crippen LogP contribution in [0.4, 0.5) is 13.2 Å². The fraction of sp³-hybridized carbons (Fsp3) is 1.00. The molecule has 5 heteroatoms. The monoisotopic (exact) mass is 261 g/mol. The lowest BCUT2D eigenvalue weighted by Gasteiger charge is -2.19. The molecular weight excluding hydrogens is 247 g/mol. The predicted molar refractivity (Wildman–Crippen MR) is 51.1 cm³/mol. The molecule has 0 spiro atoms. The SMILES string of the molecule is CC(CBr)C(C)NCCC(F)(F)F. The molecule has 2 unspecified atom stereocenters. The molecule has 0 aliphatic carbocycles. The molecule has 0 saturated heterocycles. The molecule has 0 aromatic heterocycles. The second-order valence-electron chi connectivity index (χ2n) is 3.24. The number of alkyl halides is 4. The minimum absolute atomic E-state index is 0.00199. The molecule has 0 rings (SSSR count). The summed E-state index contributed by atoms with van der Waals surface area (Å²) in [5.41, 5.74) is 0. The van der Waals surface area contributed by atoms with Gasteiger partial charge in [0, 0.05) is 17.9 Å². The Hall–Kier alpha value is 0.230. The van der Waals surface area contributed by atoms with Crippen molar-refractivity contribution >= 4 is 15.9 Å². The average Bonchev–Trinajstić information content (AvgIpc) is 2.00. The van der Waals surface area contributed by atoms with Gasteiger partial charge in [-0.15, -0.1) is 0 Å². The molecule has 0 aliphatic rings. The molecule has 0 heterocycles. The Labute approximate surface area is 85.2 Å². The summed E-state index contributed by atoms with van der Waals surface area (Å²) in [6.45, 7) is 3.88. The molecule has 0 saturated carbocycles. The number of nitrogens with one attached hydrogen (secondary N) is 1. The van der Waals surface area contributed by atoms with Crippen LogP contribution in [0.25, 0.3) is 0 Å². The fourth-order valence-corrected chi connectivity index (χ4v) is 1.34. The third-order valence-electron chi connectivity index (χ3n) is 1.97. The van der Waals surface area contributed by atoms with E-state index in [-0.39, 0.29) is 12.6 Å². The smallest absolute Gasteiger partial charge is 0.314 e. The molecule has 0 aliphatic heterocycles. The summed E-state index contributed by atoms with van der Waals surface area (Å²) in [6.07, 6.45) is -4.81. The Balaban J connectivity index is 3.53. The van der Waals surface area contributed by atoms with Crippen LogP contribution >= 0.6 is 15.9 Å². The molecule has 13 heavy (non-hydrogen) atoms. The first-order chi connectivity index (χ1) is 5.87. The van der Waals surface area contributed by atoms with Gasteiger partial charge < -0.3 is 5.32 Å². The maximum atomic E-state index is 11.7. The summed E-state index contributed by atoms with van der Waals surface area (Å²) in [7, 11) is 0. The molecular formula is C8H15BrF3N. The lowest BCUT2D eigenvalue weighted by atomic mass is 10.1. The van der Waals surface area contributed by atoms with Crippen LogP contribution < -0.4 is 5.32 Å². The van der Waals surface area contributed by atoms with Gasteiger partial charge in [-0.05, 0) is 12.8 Å². The van der Waals surface area contributed by atoms with Gasteiger partial charge in [-0.25, -0.2) is 0 Å². The second-order valence-corrected chi connectivity index (χ2v) is 3.89. The Morgan fingerprint density at radius 3 is 2.23 bits per heavy atom. The number of hydrogen-bond acceptors (Lipinski definition) is 1. The van der Waals surface area contributed by atoms with Crippen LogP contribution in [0.3, 0.4) is 0 Å². The lowest BCUT2D eigenvalue weighted by molar-refractivity contribution is -0.133. The second kappa shape index (κ2) is 5.86. The van der Waals surface area contributed by atoms with Crippen LogP contribution in [0.2, 0.25) is 0 Å². The van der Waals surface area contributed by atoms with Crippen molar-refractivity contribution in [2.75, 3.05) is 11.9 Å². The maximum Gasteiger partial charge on any atom is 0.390 e. The van der Waals surface area contributed by atoms with Gasteiger partial charge in [-0.2, -0.15) is 13.2 Å². The molecule has 0 fully saturated rings. The van der Waals surface area contributed by atoms with Crippen molar-refractivity contribution in [3.8, 4) is 0 Å². The molecule has 0 radical (unpaired) electrons. The van der Waals surface area contributed by atoms with Gasteiger partial charge in [0.05, 0.1) is 6.42 Å². The van der Waals surface area contributed by atoms with E-state index in [9.17, 15) is 13.2 Å². The van der Waals surface area contributed by atoms with Crippen LogP contribution in [-0.2, 0) is 0 Å². The van der Waals surface area contributed by atoms with Crippen LogP contribution in [0, 0.1) is 5.92 Å². The average molecular weight is 262 g/mol. The van der Waals surface area contributed by atoms with Crippen molar-refractivity contribution in [3.63, 3.8) is 0 Å². The molecule has 1 nitrogen and oxygen atoms in total. The lowest BCUT2D eigenvalue weighted by Crippen LogP contribution is -2.35. The summed E-state index contributed by atoms with van der Waals surface area (Å²) < 4.78 is 35.2. The van der Waals surface area contributed by atoms with E-state index >= 15 is 0 Å². The van der Waals surface area contributed by atoms with Gasteiger partial charge in [0.15, 0.2) is 0 Å². The zero-order valence-corrected chi connectivity index (χ0v) is 9.37. The highest BCUT2D eigenvalue weighted by atomic mass is 79.9. The Kier molecular flexibility index (Phi) is 5.96. The number of rotatable bonds is 5. The van der Waals surface area contributed by atoms with Crippen molar-refractivity contribution in [3.05, 3.63) is 0 Å². The van der Waals surface area contributed by atoms with Crippen molar-refractivity contribution in [1.82, 2.24) is 5.32 Å². The number of halogens is 4. The van der Waals surface area contributed by atoms with Crippen molar-refractivity contribution in [1.29, 1.82) is 0 Å². The van der Waals surface area contributed by atoms with E-state index in [2.05, 4.69) is 21.2 Å². The molecule has 1 N–H and O–H groups in total. The third-order valence-corrected chi connectivity index (χ3v) is 2.99. The Morgan fingerprint density at radius 1 is 1.31 bits per heavy atom. The van der Waals surface area contributed by atoms with Crippen LogP contribution in [0.5, 0.6) is 0 Å².